The zero-order valence-corrected chi connectivity index (χ0v) is 13.9. The van der Waals surface area contributed by atoms with Crippen molar-refractivity contribution in [3.63, 3.8) is 0 Å². The van der Waals surface area contributed by atoms with Gasteiger partial charge in [0.2, 0.25) is 11.8 Å². The van der Waals surface area contributed by atoms with Crippen molar-refractivity contribution in [2.75, 3.05) is 18.8 Å². The molecule has 0 aliphatic carbocycles. The molecule has 3 N–H and O–H groups in total. The van der Waals surface area contributed by atoms with Crippen molar-refractivity contribution in [3.05, 3.63) is 23.8 Å². The number of rotatable bonds is 4. The Bertz CT molecular complexity index is 743. The number of primary amides is 1. The predicted octanol–water partition coefficient (Wildman–Crippen LogP) is 1.69. The van der Waals surface area contributed by atoms with Gasteiger partial charge in [-0.3, -0.25) is 9.59 Å². The molecule has 1 atom stereocenters. The van der Waals surface area contributed by atoms with Crippen LogP contribution in [-0.2, 0) is 9.59 Å². The van der Waals surface area contributed by atoms with Gasteiger partial charge in [-0.15, -0.1) is 0 Å². The van der Waals surface area contributed by atoms with Crippen LogP contribution in [0.4, 0.5) is 0 Å². The van der Waals surface area contributed by atoms with E-state index in [9.17, 15) is 9.59 Å². The van der Waals surface area contributed by atoms with Gasteiger partial charge in [0.1, 0.15) is 0 Å². The molecule has 1 aliphatic rings. The predicted molar refractivity (Wildman–Crippen MR) is 90.1 cm³/mol. The number of nitrogens with two attached hydrogens (primary N) is 1. The molecule has 2 amide bonds. The van der Waals surface area contributed by atoms with E-state index in [0.29, 0.717) is 18.8 Å². The number of nitrogens with one attached hydrogen (secondary N) is 1. The third-order valence-electron chi connectivity index (χ3n) is 4.12. The highest BCUT2D eigenvalue weighted by Gasteiger charge is 2.26. The molecule has 2 aromatic rings. The van der Waals surface area contributed by atoms with Crippen molar-refractivity contribution in [1.82, 2.24) is 14.9 Å². The van der Waals surface area contributed by atoms with Gasteiger partial charge >= 0.3 is 0 Å². The quantitative estimate of drug-likeness (QED) is 0.833. The van der Waals surface area contributed by atoms with Crippen molar-refractivity contribution in [3.8, 4) is 0 Å². The Morgan fingerprint density at radius 1 is 1.48 bits per heavy atom. The molecule has 1 fully saturated rings. The van der Waals surface area contributed by atoms with E-state index in [1.165, 1.54) is 17.3 Å². The summed E-state index contributed by atoms with van der Waals surface area (Å²) in [5, 5.41) is 0.738. The lowest BCUT2D eigenvalue weighted by Crippen LogP contribution is -2.44. The van der Waals surface area contributed by atoms with Gasteiger partial charge in [-0.05, 0) is 37.5 Å². The summed E-state index contributed by atoms with van der Waals surface area (Å²) in [5.74, 6) is -0.197. The molecule has 0 unspecified atom stereocenters. The number of carbonyl (C=O) groups is 2. The topological polar surface area (TPSA) is 92.1 Å². The van der Waals surface area contributed by atoms with Crippen molar-refractivity contribution in [2.45, 2.75) is 24.9 Å². The highest BCUT2D eigenvalue weighted by atomic mass is 32.2. The van der Waals surface area contributed by atoms with Gasteiger partial charge in [0.25, 0.3) is 0 Å². The monoisotopic (exact) mass is 332 g/mol. The van der Waals surface area contributed by atoms with Crippen LogP contribution in [0.2, 0.25) is 0 Å². The van der Waals surface area contributed by atoms with Crippen molar-refractivity contribution >= 4 is 34.6 Å². The third-order valence-corrected chi connectivity index (χ3v) is 4.98. The number of fused-ring (bicyclic) bond motifs is 1. The lowest BCUT2D eigenvalue weighted by atomic mass is 9.97. The first kappa shape index (κ1) is 15.9. The molecule has 6 nitrogen and oxygen atoms in total. The van der Waals surface area contributed by atoms with Gasteiger partial charge < -0.3 is 15.6 Å². The fraction of sp³-hybridized carbons (Fsp3) is 0.438. The number of carbonyl (C=O) groups excluding carboxylic acids is 2. The maximum Gasteiger partial charge on any atom is 0.233 e. The summed E-state index contributed by atoms with van der Waals surface area (Å²) >= 11 is 1.39. The molecule has 7 heteroatoms. The first-order valence-corrected chi connectivity index (χ1v) is 8.68. The van der Waals surface area contributed by atoms with Gasteiger partial charge in [0.15, 0.2) is 5.16 Å². The standard InChI is InChI=1S/C16H20N4O2S/c1-10-4-5-12-13(7-10)19-16(18-12)23-9-14(21)20-6-2-3-11(8-20)15(17)22/h4-5,7,11H,2-3,6,8-9H2,1H3,(H2,17,22)(H,18,19)/t11-/m1/s1. The Morgan fingerprint density at radius 2 is 2.30 bits per heavy atom. The second-order valence-electron chi connectivity index (χ2n) is 5.93. The summed E-state index contributed by atoms with van der Waals surface area (Å²) in [7, 11) is 0. The lowest BCUT2D eigenvalue weighted by Gasteiger charge is -2.31. The Balaban J connectivity index is 1.60. The SMILES string of the molecule is Cc1ccc2nc(SCC(=O)N3CCC[C@@H](C(N)=O)C3)[nH]c2c1. The second kappa shape index (κ2) is 6.62. The maximum atomic E-state index is 12.3. The van der Waals surface area contributed by atoms with E-state index in [2.05, 4.69) is 9.97 Å². The van der Waals surface area contributed by atoms with E-state index in [0.717, 1.165) is 29.0 Å². The molecule has 23 heavy (non-hydrogen) atoms. The molecule has 1 aliphatic heterocycles. The van der Waals surface area contributed by atoms with Crippen LogP contribution in [0.15, 0.2) is 23.4 Å². The summed E-state index contributed by atoms with van der Waals surface area (Å²) in [5.41, 5.74) is 8.40. The number of H-pyrrole nitrogens is 1. The molecule has 1 saturated heterocycles. The molecular formula is C16H20N4O2S. The fourth-order valence-electron chi connectivity index (χ4n) is 2.83. The number of benzene rings is 1. The molecule has 3 rings (SSSR count). The van der Waals surface area contributed by atoms with E-state index < -0.39 is 0 Å². The number of piperidine rings is 1. The van der Waals surface area contributed by atoms with Gasteiger partial charge in [0.05, 0.1) is 22.7 Å². The van der Waals surface area contributed by atoms with E-state index in [1.807, 2.05) is 25.1 Å². The number of aromatic amines is 1. The summed E-state index contributed by atoms with van der Waals surface area (Å²) in [6.07, 6.45) is 1.60. The van der Waals surface area contributed by atoms with Gasteiger partial charge in [-0.1, -0.05) is 17.8 Å². The Hall–Kier alpha value is -2.02. The average Bonchev–Trinajstić information content (AvgIpc) is 2.94. The maximum absolute atomic E-state index is 12.3. The van der Waals surface area contributed by atoms with Crippen molar-refractivity contribution in [2.24, 2.45) is 11.7 Å². The number of hydrogen-bond acceptors (Lipinski definition) is 4. The summed E-state index contributed by atoms with van der Waals surface area (Å²) in [6.45, 7) is 3.17. The zero-order valence-electron chi connectivity index (χ0n) is 13.0. The summed E-state index contributed by atoms with van der Waals surface area (Å²) < 4.78 is 0. The normalized spacial score (nSPS) is 18.3. The number of imidazole rings is 1. The zero-order chi connectivity index (χ0) is 16.4. The fourth-order valence-corrected chi connectivity index (χ4v) is 3.61. The van der Waals surface area contributed by atoms with E-state index in [4.69, 9.17) is 5.73 Å². The molecule has 2 heterocycles. The van der Waals surface area contributed by atoms with E-state index >= 15 is 0 Å². The average molecular weight is 332 g/mol. The molecular weight excluding hydrogens is 312 g/mol. The summed E-state index contributed by atoms with van der Waals surface area (Å²) in [6, 6.07) is 6.02. The van der Waals surface area contributed by atoms with Crippen LogP contribution in [0.25, 0.3) is 11.0 Å². The Kier molecular flexibility index (Phi) is 4.56. The molecule has 0 radical (unpaired) electrons. The minimum atomic E-state index is -0.317. The minimum Gasteiger partial charge on any atom is -0.369 e. The molecule has 122 valence electrons. The number of aromatic nitrogens is 2. The Morgan fingerprint density at radius 3 is 3.09 bits per heavy atom. The number of aryl methyl sites for hydroxylation is 1. The first-order chi connectivity index (χ1) is 11.0. The number of amides is 2. The largest absolute Gasteiger partial charge is 0.369 e. The van der Waals surface area contributed by atoms with Crippen LogP contribution >= 0.6 is 11.8 Å². The van der Waals surface area contributed by atoms with Crippen LogP contribution in [0.1, 0.15) is 18.4 Å². The van der Waals surface area contributed by atoms with Crippen LogP contribution in [0, 0.1) is 12.8 Å². The van der Waals surface area contributed by atoms with E-state index in [-0.39, 0.29) is 17.7 Å². The number of nitrogens with zero attached hydrogens (tertiary/aromatic N) is 2. The highest BCUT2D eigenvalue weighted by molar-refractivity contribution is 7.99. The molecule has 1 aromatic heterocycles. The molecule has 0 saturated carbocycles. The first-order valence-electron chi connectivity index (χ1n) is 7.69. The van der Waals surface area contributed by atoms with Gasteiger partial charge in [-0.25, -0.2) is 4.98 Å². The van der Waals surface area contributed by atoms with Crippen LogP contribution < -0.4 is 5.73 Å². The van der Waals surface area contributed by atoms with E-state index in [1.54, 1.807) is 4.90 Å². The van der Waals surface area contributed by atoms with Crippen molar-refractivity contribution < 1.29 is 9.59 Å². The highest BCUT2D eigenvalue weighted by Crippen LogP contribution is 2.22. The number of likely N-dealkylation sites (tertiary alicyclic amines) is 1. The van der Waals surface area contributed by atoms with Gasteiger partial charge in [-0.2, -0.15) is 0 Å². The number of hydrogen-bond donors (Lipinski definition) is 2. The second-order valence-corrected chi connectivity index (χ2v) is 6.90. The van der Waals surface area contributed by atoms with Gasteiger partial charge in [0, 0.05) is 13.1 Å². The summed E-state index contributed by atoms with van der Waals surface area (Å²) in [4.78, 5) is 33.1. The third kappa shape index (κ3) is 3.67. The minimum absolute atomic E-state index is 0.0255. The molecule has 0 spiro atoms. The molecule has 1 aromatic carbocycles. The molecule has 0 bridgehead atoms. The van der Waals surface area contributed by atoms with Crippen LogP contribution in [-0.4, -0.2) is 45.5 Å². The van der Waals surface area contributed by atoms with Crippen LogP contribution in [0.3, 0.4) is 0 Å². The Labute approximate surface area is 138 Å². The number of thioether (sulfide) groups is 1. The van der Waals surface area contributed by atoms with Crippen molar-refractivity contribution in [1.29, 1.82) is 0 Å². The lowest BCUT2D eigenvalue weighted by molar-refractivity contribution is -0.132. The van der Waals surface area contributed by atoms with Crippen LogP contribution in [0.5, 0.6) is 0 Å². The smallest absolute Gasteiger partial charge is 0.233 e.